The average molecular weight is 246 g/mol. The minimum absolute atomic E-state index is 0.147. The molecule has 0 amide bonds. The topological polar surface area (TPSA) is 41.1 Å². The molecule has 3 heterocycles. The number of aromatic nitrogens is 2. The highest BCUT2D eigenvalue weighted by molar-refractivity contribution is 5.40. The molecule has 2 atom stereocenters. The van der Waals surface area contributed by atoms with Gasteiger partial charge in [0.05, 0.1) is 0 Å². The summed E-state index contributed by atoms with van der Waals surface area (Å²) >= 11 is 0. The first kappa shape index (κ1) is 11.9. The van der Waals surface area contributed by atoms with E-state index in [0.717, 1.165) is 42.9 Å². The van der Waals surface area contributed by atoms with Crippen LogP contribution in [0.1, 0.15) is 25.2 Å². The van der Waals surface area contributed by atoms with Crippen molar-refractivity contribution < 1.29 is 0 Å². The highest BCUT2D eigenvalue weighted by atomic mass is 15.3. The first-order chi connectivity index (χ1) is 8.48. The highest BCUT2D eigenvalue weighted by Gasteiger charge is 2.50. The summed E-state index contributed by atoms with van der Waals surface area (Å²) in [5.41, 5.74) is 2.26. The van der Waals surface area contributed by atoms with Crippen molar-refractivity contribution in [3.63, 3.8) is 0 Å². The van der Waals surface area contributed by atoms with E-state index in [1.165, 1.54) is 0 Å². The van der Waals surface area contributed by atoms with Crippen molar-refractivity contribution in [1.82, 2.24) is 15.3 Å². The van der Waals surface area contributed by atoms with Crippen molar-refractivity contribution in [2.45, 2.75) is 33.2 Å². The van der Waals surface area contributed by atoms with Gasteiger partial charge in [0.25, 0.3) is 0 Å². The van der Waals surface area contributed by atoms with Crippen LogP contribution in [0.4, 0.5) is 5.95 Å². The Morgan fingerprint density at radius 3 is 2.50 bits per heavy atom. The van der Waals surface area contributed by atoms with Crippen LogP contribution < -0.4 is 10.2 Å². The Morgan fingerprint density at radius 2 is 1.89 bits per heavy atom. The largest absolute Gasteiger partial charge is 0.335 e. The van der Waals surface area contributed by atoms with Crippen molar-refractivity contribution in [2.75, 3.05) is 24.5 Å². The van der Waals surface area contributed by atoms with Crippen molar-refractivity contribution in [2.24, 2.45) is 11.8 Å². The van der Waals surface area contributed by atoms with Gasteiger partial charge in [-0.05, 0) is 45.6 Å². The van der Waals surface area contributed by atoms with Gasteiger partial charge in [0.1, 0.15) is 0 Å². The number of anilines is 1. The first-order valence-corrected chi connectivity index (χ1v) is 6.79. The SMILES string of the molecule is Cc1cc(C)nc(N2CC3CNCC3C2(C)C)n1. The Kier molecular flexibility index (Phi) is 2.59. The summed E-state index contributed by atoms with van der Waals surface area (Å²) < 4.78 is 0. The number of hydrogen-bond donors (Lipinski definition) is 1. The molecule has 18 heavy (non-hydrogen) atoms. The van der Waals surface area contributed by atoms with E-state index in [-0.39, 0.29) is 5.54 Å². The molecule has 2 aliphatic heterocycles. The van der Waals surface area contributed by atoms with Crippen LogP contribution in [0.2, 0.25) is 0 Å². The summed E-state index contributed by atoms with van der Waals surface area (Å²) in [6, 6.07) is 2.04. The molecule has 0 saturated carbocycles. The maximum atomic E-state index is 4.63. The molecule has 4 heteroatoms. The zero-order valence-corrected chi connectivity index (χ0v) is 11.7. The van der Waals surface area contributed by atoms with Crippen molar-refractivity contribution in [3.05, 3.63) is 17.5 Å². The molecule has 0 spiro atoms. The quantitative estimate of drug-likeness (QED) is 0.816. The van der Waals surface area contributed by atoms with E-state index < -0.39 is 0 Å². The van der Waals surface area contributed by atoms with Gasteiger partial charge in [0, 0.05) is 36.6 Å². The Bertz CT molecular complexity index is 449. The standard InChI is InChI=1S/C14H22N4/c1-9-5-10(2)17-13(16-9)18-8-11-6-15-7-12(11)14(18,3)4/h5,11-12,15H,6-8H2,1-4H3. The third kappa shape index (κ3) is 1.70. The second-order valence-corrected chi connectivity index (χ2v) is 6.24. The third-order valence-electron chi connectivity index (χ3n) is 4.57. The predicted octanol–water partition coefficient (Wildman–Crippen LogP) is 1.53. The third-order valence-corrected chi connectivity index (χ3v) is 4.57. The summed E-state index contributed by atoms with van der Waals surface area (Å²) in [7, 11) is 0. The van der Waals surface area contributed by atoms with E-state index in [2.05, 4.69) is 34.0 Å². The zero-order valence-electron chi connectivity index (χ0n) is 11.7. The lowest BCUT2D eigenvalue weighted by Gasteiger charge is -2.35. The van der Waals surface area contributed by atoms with Crippen LogP contribution in [0.25, 0.3) is 0 Å². The Morgan fingerprint density at radius 1 is 1.22 bits per heavy atom. The second-order valence-electron chi connectivity index (χ2n) is 6.24. The molecule has 1 N–H and O–H groups in total. The van der Waals surface area contributed by atoms with Crippen LogP contribution in [0.3, 0.4) is 0 Å². The van der Waals surface area contributed by atoms with E-state index in [4.69, 9.17) is 0 Å². The molecule has 3 rings (SSSR count). The summed E-state index contributed by atoms with van der Waals surface area (Å²) in [4.78, 5) is 11.7. The van der Waals surface area contributed by atoms with Crippen molar-refractivity contribution in [3.8, 4) is 0 Å². The van der Waals surface area contributed by atoms with Gasteiger partial charge in [0.15, 0.2) is 0 Å². The first-order valence-electron chi connectivity index (χ1n) is 6.79. The molecular formula is C14H22N4. The smallest absolute Gasteiger partial charge is 0.226 e. The molecule has 2 unspecified atom stereocenters. The highest BCUT2D eigenvalue weighted by Crippen LogP contribution is 2.42. The van der Waals surface area contributed by atoms with Crippen LogP contribution in [0.15, 0.2) is 6.07 Å². The number of rotatable bonds is 1. The lowest BCUT2D eigenvalue weighted by Crippen LogP contribution is -2.45. The molecule has 0 bridgehead atoms. The van der Waals surface area contributed by atoms with Crippen LogP contribution in [-0.2, 0) is 0 Å². The van der Waals surface area contributed by atoms with Crippen LogP contribution in [-0.4, -0.2) is 35.1 Å². The maximum Gasteiger partial charge on any atom is 0.226 e. The Hall–Kier alpha value is -1.16. The normalized spacial score (nSPS) is 29.7. The summed E-state index contributed by atoms with van der Waals surface area (Å²) in [5, 5.41) is 3.51. The monoisotopic (exact) mass is 246 g/mol. The predicted molar refractivity (Wildman–Crippen MR) is 72.8 cm³/mol. The number of hydrogen-bond acceptors (Lipinski definition) is 4. The van der Waals surface area contributed by atoms with Crippen molar-refractivity contribution >= 4 is 5.95 Å². The molecule has 0 radical (unpaired) electrons. The summed E-state index contributed by atoms with van der Waals surface area (Å²) in [6.07, 6.45) is 0. The van der Waals surface area contributed by atoms with Crippen LogP contribution in [0, 0.1) is 25.7 Å². The van der Waals surface area contributed by atoms with E-state index in [1.54, 1.807) is 0 Å². The summed E-state index contributed by atoms with van der Waals surface area (Å²) in [5.74, 6) is 2.36. The number of nitrogens with one attached hydrogen (secondary N) is 1. The van der Waals surface area contributed by atoms with Gasteiger partial charge in [-0.1, -0.05) is 0 Å². The Balaban J connectivity index is 1.97. The minimum atomic E-state index is 0.147. The molecule has 0 aliphatic carbocycles. The molecule has 1 aromatic rings. The van der Waals surface area contributed by atoms with E-state index >= 15 is 0 Å². The van der Waals surface area contributed by atoms with Gasteiger partial charge in [-0.2, -0.15) is 0 Å². The lowest BCUT2D eigenvalue weighted by molar-refractivity contribution is 0.355. The average Bonchev–Trinajstić information content (AvgIpc) is 2.80. The lowest BCUT2D eigenvalue weighted by atomic mass is 9.85. The van der Waals surface area contributed by atoms with E-state index in [9.17, 15) is 0 Å². The molecule has 2 saturated heterocycles. The fraction of sp³-hybridized carbons (Fsp3) is 0.714. The Labute approximate surface area is 109 Å². The molecule has 98 valence electrons. The van der Waals surface area contributed by atoms with Gasteiger partial charge in [-0.15, -0.1) is 0 Å². The molecule has 2 aliphatic rings. The van der Waals surface area contributed by atoms with E-state index in [1.807, 2.05) is 19.9 Å². The van der Waals surface area contributed by atoms with E-state index in [0.29, 0.717) is 5.92 Å². The van der Waals surface area contributed by atoms with Crippen molar-refractivity contribution in [1.29, 1.82) is 0 Å². The second kappa shape index (κ2) is 3.92. The van der Waals surface area contributed by atoms with Gasteiger partial charge < -0.3 is 10.2 Å². The fourth-order valence-electron chi connectivity index (χ4n) is 3.59. The number of nitrogens with zero attached hydrogens (tertiary/aromatic N) is 3. The number of aryl methyl sites for hydroxylation is 2. The molecular weight excluding hydrogens is 224 g/mol. The molecule has 0 aromatic carbocycles. The molecule has 1 aromatic heterocycles. The maximum absolute atomic E-state index is 4.63. The van der Waals surface area contributed by atoms with Gasteiger partial charge in [-0.25, -0.2) is 9.97 Å². The minimum Gasteiger partial charge on any atom is -0.335 e. The fourth-order valence-corrected chi connectivity index (χ4v) is 3.59. The van der Waals surface area contributed by atoms with Gasteiger partial charge in [-0.3, -0.25) is 0 Å². The summed E-state index contributed by atoms with van der Waals surface area (Å²) in [6.45, 7) is 12.1. The van der Waals surface area contributed by atoms with Crippen LogP contribution in [0.5, 0.6) is 0 Å². The van der Waals surface area contributed by atoms with Gasteiger partial charge in [0.2, 0.25) is 5.95 Å². The van der Waals surface area contributed by atoms with Crippen LogP contribution >= 0.6 is 0 Å². The zero-order chi connectivity index (χ0) is 12.9. The molecule has 2 fully saturated rings. The molecule has 4 nitrogen and oxygen atoms in total. The number of fused-ring (bicyclic) bond motifs is 1. The van der Waals surface area contributed by atoms with Gasteiger partial charge >= 0.3 is 0 Å².